The number of aliphatic hydroxyl groups excluding tert-OH is 16. The lowest BCUT2D eigenvalue weighted by Crippen LogP contribution is -2.71. The molecule has 0 aromatic heterocycles. The molecule has 5 heterocycles. The Bertz CT molecular complexity index is 2620. The van der Waals surface area contributed by atoms with Crippen molar-refractivity contribution in [3.63, 3.8) is 0 Å². The minimum Gasteiger partial charge on any atom is -0.477 e. The van der Waals surface area contributed by atoms with Crippen molar-refractivity contribution < 1.29 is 153 Å². The first-order valence-electron chi connectivity index (χ1n) is 41.0. The van der Waals surface area contributed by atoms with Crippen LogP contribution in [-0.2, 0) is 66.5 Å². The first-order valence-corrected chi connectivity index (χ1v) is 41.0. The number of Topliss-reactive ketones (excluding diaryl/α,β-unsaturated/α-hetero) is 1. The molecule has 1 unspecified atom stereocenters. The zero-order valence-corrected chi connectivity index (χ0v) is 65.6. The van der Waals surface area contributed by atoms with E-state index in [1.807, 2.05) is 6.08 Å². The molecule has 33 heteroatoms. The van der Waals surface area contributed by atoms with E-state index in [9.17, 15) is 106 Å². The number of carbonyl (C=O) groups excluding carboxylic acids is 3. The summed E-state index contributed by atoms with van der Waals surface area (Å²) in [6.45, 7) is 0.520. The fourth-order valence-corrected chi connectivity index (χ4v) is 15.0. The summed E-state index contributed by atoms with van der Waals surface area (Å²) in [6, 6.07) is -2.90. The molecule has 0 aromatic rings. The maximum Gasteiger partial charge on any atom is 0.364 e. The molecular formula is C78H138N2O31. The van der Waals surface area contributed by atoms with E-state index in [2.05, 4.69) is 36.6 Å². The van der Waals surface area contributed by atoms with Gasteiger partial charge < -0.3 is 150 Å². The summed E-state index contributed by atoms with van der Waals surface area (Å²) in [5.74, 6) is -9.08. The summed E-state index contributed by atoms with van der Waals surface area (Å²) < 4.78 is 60.4. The Labute approximate surface area is 653 Å². The zero-order valence-electron chi connectivity index (χ0n) is 65.6. The number of amides is 2. The molecule has 5 rings (SSSR count). The molecule has 28 atom stereocenters. The van der Waals surface area contributed by atoms with Gasteiger partial charge in [-0.15, -0.1) is 0 Å². The van der Waals surface area contributed by atoms with Gasteiger partial charge in [0.05, 0.1) is 70.0 Å². The summed E-state index contributed by atoms with van der Waals surface area (Å²) >= 11 is 0. The molecule has 0 radical (unpaired) electrons. The van der Waals surface area contributed by atoms with E-state index in [0.717, 1.165) is 84.5 Å². The zero-order chi connectivity index (χ0) is 81.6. The number of aliphatic carboxylic acids is 1. The van der Waals surface area contributed by atoms with E-state index in [1.54, 1.807) is 6.08 Å². The molecule has 0 aliphatic carbocycles. The smallest absolute Gasteiger partial charge is 0.364 e. The third kappa shape index (κ3) is 31.4. The van der Waals surface area contributed by atoms with Crippen LogP contribution in [0.1, 0.15) is 233 Å². The van der Waals surface area contributed by atoms with Gasteiger partial charge in [-0.3, -0.25) is 9.59 Å². The van der Waals surface area contributed by atoms with E-state index in [0.29, 0.717) is 12.8 Å². The van der Waals surface area contributed by atoms with Gasteiger partial charge in [-0.05, 0) is 51.9 Å². The second-order valence-electron chi connectivity index (χ2n) is 30.7. The average molecular weight is 1600 g/mol. The summed E-state index contributed by atoms with van der Waals surface area (Å²) in [6.07, 6.45) is -10.1. The molecule has 19 N–H and O–H groups in total. The Hall–Kier alpha value is -3.48. The van der Waals surface area contributed by atoms with E-state index in [1.165, 1.54) is 103 Å². The highest BCUT2D eigenvalue weighted by molar-refractivity contribution is 5.77. The Kier molecular flexibility index (Phi) is 46.9. The van der Waals surface area contributed by atoms with Crippen molar-refractivity contribution in [3.8, 4) is 0 Å². The lowest BCUT2D eigenvalue weighted by atomic mass is 9.86. The van der Waals surface area contributed by atoms with Crippen LogP contribution in [0.5, 0.6) is 0 Å². The van der Waals surface area contributed by atoms with Gasteiger partial charge in [0.2, 0.25) is 11.8 Å². The molecule has 5 aliphatic rings. The predicted octanol–water partition coefficient (Wildman–Crippen LogP) is 1.38. The van der Waals surface area contributed by atoms with Crippen LogP contribution in [0, 0.1) is 5.92 Å². The van der Waals surface area contributed by atoms with Crippen molar-refractivity contribution in [1.82, 2.24) is 10.6 Å². The lowest BCUT2D eigenvalue weighted by molar-refractivity contribution is -0.406. The highest BCUT2D eigenvalue weighted by atomic mass is 16.8. The van der Waals surface area contributed by atoms with E-state index < -0.39 is 241 Å². The highest BCUT2D eigenvalue weighted by Gasteiger charge is 2.62. The fourth-order valence-electron chi connectivity index (χ4n) is 15.0. The normalized spacial score (nSPS) is 33.9. The number of unbranched alkanes of at least 4 members (excludes halogenated alkanes) is 26. The average Bonchev–Trinajstić information content (AvgIpc) is 0.748. The van der Waals surface area contributed by atoms with Gasteiger partial charge in [-0.1, -0.05) is 179 Å². The number of rotatable bonds is 56. The minimum absolute atomic E-state index is 0.132. The molecule has 0 aromatic carbocycles. The van der Waals surface area contributed by atoms with Crippen molar-refractivity contribution in [3.05, 3.63) is 24.3 Å². The molecule has 0 spiro atoms. The van der Waals surface area contributed by atoms with Crippen LogP contribution >= 0.6 is 0 Å². The molecule has 0 bridgehead atoms. The number of aliphatic hydroxyl groups is 16. The number of hydrogen-bond donors (Lipinski definition) is 19. The molecule has 5 fully saturated rings. The van der Waals surface area contributed by atoms with Crippen molar-refractivity contribution in [2.45, 2.75) is 398 Å². The topological polar surface area (TPSA) is 529 Å². The molecule has 5 saturated heterocycles. The summed E-state index contributed by atoms with van der Waals surface area (Å²) in [7, 11) is 0. The van der Waals surface area contributed by atoms with Gasteiger partial charge in [-0.25, -0.2) is 4.79 Å². The fraction of sp³-hybridized carbons (Fsp3) is 0.897. The van der Waals surface area contributed by atoms with Crippen LogP contribution in [0.25, 0.3) is 0 Å². The molecule has 33 nitrogen and oxygen atoms in total. The third-order valence-corrected chi connectivity index (χ3v) is 21.5. The Morgan fingerprint density at radius 3 is 1.46 bits per heavy atom. The molecule has 646 valence electrons. The maximum absolute atomic E-state index is 13.8. The van der Waals surface area contributed by atoms with E-state index >= 15 is 0 Å². The summed E-state index contributed by atoms with van der Waals surface area (Å²) in [4.78, 5) is 53.2. The van der Waals surface area contributed by atoms with Crippen LogP contribution in [0.15, 0.2) is 24.3 Å². The van der Waals surface area contributed by atoms with Crippen LogP contribution in [0.3, 0.4) is 0 Å². The van der Waals surface area contributed by atoms with Gasteiger partial charge in [-0.2, -0.15) is 0 Å². The van der Waals surface area contributed by atoms with Gasteiger partial charge >= 0.3 is 5.97 Å². The number of ether oxygens (including phenoxy) is 10. The molecule has 0 saturated carbocycles. The monoisotopic (exact) mass is 1600 g/mol. The largest absolute Gasteiger partial charge is 0.477 e. The SMILES string of the molecule is CCCCCCCCC=CCCCCCCCCCCCC(=O)N[C@@H](CO[C@@H]1O[C@H](CO)[C@@H](O[C@@H]2O[C@H](CO)[C@H](O[C@@H]3O[C@H](CO)[C@H](O)[C@H](O[C@@H]4O[C@H](CO)[C@H](O)[C@H](O)[C@H]4O)[C@H]3CC(C)=O)[C@H](O[C@]3(C(=O)O)C[C@H](O)[C@@H](NC(C)=O)C([C@H](O)[C@H](O)CO)O3)[C@H]2O)[C@H](O)[C@H]1O)[C@H](O)C=CCCCCCCCCCCCCC. The standard InChI is InChI=1S/C78H138N2O31/c1-5-7-9-11-13-15-17-19-20-21-22-23-24-26-28-30-32-34-36-38-58(91)80-50(51(88)37-35-33-31-29-27-25-18-16-14-12-10-8-6-2)46-102-74-66(98)64(96)69(56(44-84)105-74)108-76-67(99)72(111-78(77(100)101)40-52(89)59(79-48(4)87)71(110-78)60(92)53(90)41-81)70(57(45-85)106-76)109-73-49(39-47(3)86)68(62(94)55(43-83)103-73)107-75-65(97)63(95)61(93)54(42-82)104-75/h19-20,35,37,49-57,59-76,81-85,88-90,92-99H,5-18,21-34,36,38-46H2,1-4H3,(H,79,87)(H,80,91)(H,100,101)/t49-,50+,51-,52+,53-,54-,55-,56-,57-,59-,60-,61+,62+,63+,64-,65-,66-,67-,68-,69-,70+,71?,72-,73+,74-,75+,76+,78+/m1/s1. The third-order valence-electron chi connectivity index (χ3n) is 21.5. The second-order valence-corrected chi connectivity index (χ2v) is 30.7. The Balaban J connectivity index is 1.36. The van der Waals surface area contributed by atoms with Crippen molar-refractivity contribution >= 4 is 23.6 Å². The van der Waals surface area contributed by atoms with Gasteiger partial charge in [0.25, 0.3) is 5.79 Å². The lowest BCUT2D eigenvalue weighted by Gasteiger charge is -2.52. The molecule has 5 aliphatic heterocycles. The van der Waals surface area contributed by atoms with Gasteiger partial charge in [0.1, 0.15) is 110 Å². The number of carboxylic acids is 1. The van der Waals surface area contributed by atoms with Gasteiger partial charge in [0, 0.05) is 32.1 Å². The highest BCUT2D eigenvalue weighted by Crippen LogP contribution is 2.43. The first-order chi connectivity index (χ1) is 53.3. The molecule has 111 heavy (non-hydrogen) atoms. The van der Waals surface area contributed by atoms with Crippen LogP contribution in [0.4, 0.5) is 0 Å². The second kappa shape index (κ2) is 53.1. The summed E-state index contributed by atoms with van der Waals surface area (Å²) in [5, 5.41) is 195. The number of nitrogens with one attached hydrogen (secondary N) is 2. The molecular weight excluding hydrogens is 1460 g/mol. The van der Waals surface area contributed by atoms with Gasteiger partial charge in [0.15, 0.2) is 25.2 Å². The quantitative estimate of drug-likeness (QED) is 0.0302. The maximum atomic E-state index is 13.8. The Morgan fingerprint density at radius 1 is 0.495 bits per heavy atom. The van der Waals surface area contributed by atoms with Crippen molar-refractivity contribution in [2.75, 3.05) is 39.6 Å². The number of carboxylic acid groups (broad SMARTS) is 1. The van der Waals surface area contributed by atoms with Crippen LogP contribution in [0.2, 0.25) is 0 Å². The number of allylic oxidation sites excluding steroid dienone is 3. The number of ketones is 1. The summed E-state index contributed by atoms with van der Waals surface area (Å²) in [5.41, 5.74) is 0. The van der Waals surface area contributed by atoms with E-state index in [4.69, 9.17) is 47.4 Å². The predicted molar refractivity (Wildman–Crippen MR) is 398 cm³/mol. The van der Waals surface area contributed by atoms with Crippen LogP contribution in [-0.4, -0.2) is 315 Å². The minimum atomic E-state index is -3.37. The van der Waals surface area contributed by atoms with Crippen molar-refractivity contribution in [2.24, 2.45) is 5.92 Å². The number of carbonyl (C=O) groups is 4. The van der Waals surface area contributed by atoms with E-state index in [-0.39, 0.29) is 12.3 Å². The van der Waals surface area contributed by atoms with Crippen LogP contribution < -0.4 is 10.6 Å². The first kappa shape index (κ1) is 98.1. The molecule has 2 amide bonds. The van der Waals surface area contributed by atoms with Crippen molar-refractivity contribution in [1.29, 1.82) is 0 Å². The Morgan fingerprint density at radius 2 is 0.946 bits per heavy atom. The number of hydrogen-bond acceptors (Lipinski definition) is 30.